The van der Waals surface area contributed by atoms with Gasteiger partial charge in [-0.05, 0) is 16.7 Å². The van der Waals surface area contributed by atoms with Crippen LogP contribution in [0.2, 0.25) is 0 Å². The van der Waals surface area contributed by atoms with Crippen LogP contribution in [0.1, 0.15) is 16.7 Å². The second-order valence-corrected chi connectivity index (χ2v) is 7.06. The van der Waals surface area contributed by atoms with Gasteiger partial charge in [0, 0.05) is 0 Å². The Balaban J connectivity index is 1.87. The second-order valence-electron chi connectivity index (χ2n) is 7.06. The van der Waals surface area contributed by atoms with Crippen LogP contribution >= 0.6 is 0 Å². The van der Waals surface area contributed by atoms with Gasteiger partial charge in [0.2, 0.25) is 0 Å². The average molecular weight is 399 g/mol. The molecule has 0 saturated carbocycles. The minimum Gasteiger partial charge on any atom is -0.247 e. The van der Waals surface area contributed by atoms with Gasteiger partial charge in [0.15, 0.2) is 0 Å². The van der Waals surface area contributed by atoms with Crippen molar-refractivity contribution in [2.45, 2.75) is 19.6 Å². The summed E-state index contributed by atoms with van der Waals surface area (Å²) in [7, 11) is 0. The van der Waals surface area contributed by atoms with E-state index in [1.807, 2.05) is 91.0 Å². The van der Waals surface area contributed by atoms with Crippen molar-refractivity contribution in [2.75, 3.05) is 0 Å². The zero-order valence-electron chi connectivity index (χ0n) is 16.3. The molecular weight excluding hydrogens is 378 g/mol. The normalized spacial score (nSPS) is 10.8. The van der Waals surface area contributed by atoms with Crippen molar-refractivity contribution in [2.24, 2.45) is 0 Å². The minimum atomic E-state index is -0.609. The first-order valence-corrected chi connectivity index (χ1v) is 9.70. The molecule has 1 aromatic heterocycles. The Morgan fingerprint density at radius 1 is 0.400 bits per heavy atom. The van der Waals surface area contributed by atoms with Crippen molar-refractivity contribution in [3.05, 3.63) is 139 Å². The van der Waals surface area contributed by atoms with Crippen LogP contribution in [0.5, 0.6) is 0 Å². The molecule has 4 rings (SSSR count). The van der Waals surface area contributed by atoms with E-state index in [1.54, 1.807) is 0 Å². The van der Waals surface area contributed by atoms with E-state index in [2.05, 4.69) is 0 Å². The molecule has 0 aliphatic rings. The topological polar surface area (TPSA) is 66.0 Å². The average Bonchev–Trinajstić information content (AvgIpc) is 2.79. The monoisotopic (exact) mass is 399 g/mol. The smallest absolute Gasteiger partial charge is 0.247 e. The van der Waals surface area contributed by atoms with Crippen molar-refractivity contribution >= 4 is 0 Å². The van der Waals surface area contributed by atoms with Crippen molar-refractivity contribution in [3.63, 3.8) is 0 Å². The third kappa shape index (κ3) is 4.07. The summed E-state index contributed by atoms with van der Waals surface area (Å²) in [6.45, 7) is 0.299. The molecule has 4 aromatic rings. The van der Waals surface area contributed by atoms with Gasteiger partial charge in [-0.2, -0.15) is 0 Å². The summed E-state index contributed by atoms with van der Waals surface area (Å²) in [6.07, 6.45) is 0. The number of hydrogen-bond donors (Lipinski definition) is 0. The molecule has 0 atom stereocenters. The Hall–Kier alpha value is -3.93. The third-order valence-corrected chi connectivity index (χ3v) is 4.94. The van der Waals surface area contributed by atoms with Gasteiger partial charge in [-0.3, -0.25) is 0 Å². The molecule has 6 nitrogen and oxygen atoms in total. The molecule has 0 aliphatic carbocycles. The van der Waals surface area contributed by atoms with Gasteiger partial charge in [-0.25, -0.2) is 28.1 Å². The molecule has 0 spiro atoms. The van der Waals surface area contributed by atoms with Crippen molar-refractivity contribution in [1.82, 2.24) is 13.7 Å². The molecule has 3 aromatic carbocycles. The Kier molecular flexibility index (Phi) is 5.57. The second kappa shape index (κ2) is 8.61. The van der Waals surface area contributed by atoms with Crippen molar-refractivity contribution < 1.29 is 0 Å². The number of nitrogens with zero attached hydrogens (tertiary/aromatic N) is 3. The molecule has 0 radical (unpaired) electrons. The van der Waals surface area contributed by atoms with E-state index >= 15 is 0 Å². The van der Waals surface area contributed by atoms with Gasteiger partial charge in [0.25, 0.3) is 0 Å². The fourth-order valence-corrected chi connectivity index (χ4v) is 3.39. The first-order valence-electron chi connectivity index (χ1n) is 9.70. The van der Waals surface area contributed by atoms with Crippen LogP contribution in [0, 0.1) is 0 Å². The first kappa shape index (κ1) is 19.4. The van der Waals surface area contributed by atoms with Gasteiger partial charge >= 0.3 is 17.1 Å². The molecule has 0 aliphatic heterocycles. The Morgan fingerprint density at radius 3 is 0.867 bits per heavy atom. The predicted molar refractivity (Wildman–Crippen MR) is 116 cm³/mol. The van der Waals surface area contributed by atoms with Crippen molar-refractivity contribution in [1.29, 1.82) is 0 Å². The predicted octanol–water partition coefficient (Wildman–Crippen LogP) is 2.32. The van der Waals surface area contributed by atoms with Crippen LogP contribution in [0.3, 0.4) is 0 Å². The maximum atomic E-state index is 13.1. The maximum Gasteiger partial charge on any atom is 0.336 e. The van der Waals surface area contributed by atoms with E-state index in [9.17, 15) is 14.4 Å². The van der Waals surface area contributed by atoms with Gasteiger partial charge in [0.1, 0.15) is 0 Å². The summed E-state index contributed by atoms with van der Waals surface area (Å²) in [6, 6.07) is 27.8. The highest BCUT2D eigenvalue weighted by Crippen LogP contribution is 2.02. The van der Waals surface area contributed by atoms with Gasteiger partial charge < -0.3 is 0 Å². The van der Waals surface area contributed by atoms with Gasteiger partial charge in [0.05, 0.1) is 19.6 Å². The van der Waals surface area contributed by atoms with E-state index in [0.29, 0.717) is 0 Å². The van der Waals surface area contributed by atoms with Gasteiger partial charge in [-0.15, -0.1) is 0 Å². The lowest BCUT2D eigenvalue weighted by Gasteiger charge is -2.14. The summed E-state index contributed by atoms with van der Waals surface area (Å²) in [5.41, 5.74) is 0.611. The molecule has 30 heavy (non-hydrogen) atoms. The lowest BCUT2D eigenvalue weighted by atomic mass is 10.2. The zero-order valence-corrected chi connectivity index (χ0v) is 16.3. The fraction of sp³-hybridized carbons (Fsp3) is 0.125. The summed E-state index contributed by atoms with van der Waals surface area (Å²) in [5.74, 6) is 0. The summed E-state index contributed by atoms with van der Waals surface area (Å²) in [4.78, 5) is 39.4. The van der Waals surface area contributed by atoms with E-state index < -0.39 is 17.1 Å². The van der Waals surface area contributed by atoms with Crippen LogP contribution in [0.4, 0.5) is 0 Å². The molecule has 0 fully saturated rings. The highest BCUT2D eigenvalue weighted by atomic mass is 16.2. The zero-order chi connectivity index (χ0) is 20.9. The van der Waals surface area contributed by atoms with E-state index in [4.69, 9.17) is 0 Å². The Morgan fingerprint density at radius 2 is 0.633 bits per heavy atom. The SMILES string of the molecule is O=c1n(Cc2ccccc2)c(=O)n(Cc2ccccc2)c(=O)n1Cc1ccccc1. The molecule has 0 amide bonds. The Labute approximate surface area is 172 Å². The minimum absolute atomic E-state index is 0.0996. The van der Waals surface area contributed by atoms with Crippen LogP contribution in [0.25, 0.3) is 0 Å². The summed E-state index contributed by atoms with van der Waals surface area (Å²) < 4.78 is 3.38. The van der Waals surface area contributed by atoms with Gasteiger partial charge in [-0.1, -0.05) is 91.0 Å². The standard InChI is InChI=1S/C24H21N3O3/c28-22-25(16-19-10-4-1-5-11-19)23(29)27(18-21-14-8-3-9-15-21)24(30)26(22)17-20-12-6-2-7-13-20/h1-15H,16-18H2. The lowest BCUT2D eigenvalue weighted by Crippen LogP contribution is -2.54. The molecular formula is C24H21N3O3. The van der Waals surface area contributed by atoms with Crippen LogP contribution in [0.15, 0.2) is 105 Å². The highest BCUT2D eigenvalue weighted by Gasteiger charge is 2.16. The quantitative estimate of drug-likeness (QED) is 0.500. The number of rotatable bonds is 6. The van der Waals surface area contributed by atoms with Crippen molar-refractivity contribution in [3.8, 4) is 0 Å². The summed E-state index contributed by atoms with van der Waals surface area (Å²) >= 11 is 0. The van der Waals surface area contributed by atoms with E-state index in [1.165, 1.54) is 0 Å². The Bertz CT molecular complexity index is 1110. The molecule has 0 N–H and O–H groups in total. The number of hydrogen-bond acceptors (Lipinski definition) is 3. The third-order valence-electron chi connectivity index (χ3n) is 4.94. The molecule has 150 valence electrons. The number of aromatic nitrogens is 3. The molecule has 0 unspecified atom stereocenters. The molecule has 0 bridgehead atoms. The van der Waals surface area contributed by atoms with Crippen LogP contribution in [-0.2, 0) is 19.6 Å². The maximum absolute atomic E-state index is 13.1. The first-order chi connectivity index (χ1) is 14.6. The highest BCUT2D eigenvalue weighted by molar-refractivity contribution is 5.17. The van der Waals surface area contributed by atoms with Crippen LogP contribution < -0.4 is 17.1 Å². The number of benzene rings is 3. The van der Waals surface area contributed by atoms with Crippen LogP contribution in [-0.4, -0.2) is 13.7 Å². The lowest BCUT2D eigenvalue weighted by molar-refractivity contribution is 0.492. The molecule has 6 heteroatoms. The molecule has 0 saturated heterocycles. The molecule has 1 heterocycles. The van der Waals surface area contributed by atoms with E-state index in [0.717, 1.165) is 30.4 Å². The fourth-order valence-electron chi connectivity index (χ4n) is 3.39. The largest absolute Gasteiger partial charge is 0.336 e. The van der Waals surface area contributed by atoms with E-state index in [-0.39, 0.29) is 19.6 Å². The summed E-state index contributed by atoms with van der Waals surface area (Å²) in [5, 5.41) is 0.